The average Bonchev–Trinajstić information content (AvgIpc) is 2.95. The van der Waals surface area contributed by atoms with E-state index in [1.54, 1.807) is 17.5 Å². The summed E-state index contributed by atoms with van der Waals surface area (Å²) < 4.78 is 0. The summed E-state index contributed by atoms with van der Waals surface area (Å²) >= 11 is 1.79. The second kappa shape index (κ2) is 6.46. The fourth-order valence-electron chi connectivity index (χ4n) is 2.45. The minimum Gasteiger partial charge on any atom is -0.354 e. The first-order chi connectivity index (χ1) is 11.1. The van der Waals surface area contributed by atoms with Crippen molar-refractivity contribution in [2.24, 2.45) is 0 Å². The quantitative estimate of drug-likeness (QED) is 0.722. The van der Waals surface area contributed by atoms with Crippen molar-refractivity contribution >= 4 is 17.2 Å². The van der Waals surface area contributed by atoms with E-state index in [-0.39, 0.29) is 0 Å². The van der Waals surface area contributed by atoms with E-state index in [2.05, 4.69) is 47.2 Å². The van der Waals surface area contributed by atoms with Gasteiger partial charge in [0.2, 0.25) is 0 Å². The highest BCUT2D eigenvalue weighted by molar-refractivity contribution is 7.10. The molecule has 0 radical (unpaired) electrons. The molecule has 5 heteroatoms. The maximum Gasteiger partial charge on any atom is 0.180 e. The highest BCUT2D eigenvalue weighted by Gasteiger charge is 2.15. The van der Waals surface area contributed by atoms with Gasteiger partial charge in [0.1, 0.15) is 11.5 Å². The molecule has 0 aliphatic carbocycles. The summed E-state index contributed by atoms with van der Waals surface area (Å²) in [6.07, 6.45) is 1.77. The molecule has 23 heavy (non-hydrogen) atoms. The number of rotatable bonds is 4. The summed E-state index contributed by atoms with van der Waals surface area (Å²) in [5, 5.41) is 2.13. The normalized spacial score (nSPS) is 10.8. The third-order valence-electron chi connectivity index (χ3n) is 3.97. The number of anilines is 1. The van der Waals surface area contributed by atoms with Gasteiger partial charge in [0.05, 0.1) is 6.54 Å². The lowest BCUT2D eigenvalue weighted by Crippen LogP contribution is -2.20. The van der Waals surface area contributed by atoms with E-state index >= 15 is 0 Å². The SMILES string of the molecule is Cc1ccsc1CN(C)c1nc(-c2ccccn2)nc(C)c1C. The lowest BCUT2D eigenvalue weighted by Gasteiger charge is -2.21. The summed E-state index contributed by atoms with van der Waals surface area (Å²) in [6.45, 7) is 7.10. The molecular weight excluding hydrogens is 304 g/mol. The second-order valence-electron chi connectivity index (χ2n) is 5.68. The molecule has 3 aromatic rings. The first-order valence-electron chi connectivity index (χ1n) is 7.57. The summed E-state index contributed by atoms with van der Waals surface area (Å²) in [7, 11) is 2.08. The van der Waals surface area contributed by atoms with Crippen molar-refractivity contribution in [3.63, 3.8) is 0 Å². The van der Waals surface area contributed by atoms with Gasteiger partial charge in [-0.15, -0.1) is 11.3 Å². The van der Waals surface area contributed by atoms with E-state index in [9.17, 15) is 0 Å². The molecule has 0 aliphatic rings. The minimum absolute atomic E-state index is 0.679. The van der Waals surface area contributed by atoms with Gasteiger partial charge in [-0.25, -0.2) is 9.97 Å². The van der Waals surface area contributed by atoms with Crippen LogP contribution in [0.2, 0.25) is 0 Å². The molecule has 0 spiro atoms. The molecule has 3 heterocycles. The number of hydrogen-bond acceptors (Lipinski definition) is 5. The van der Waals surface area contributed by atoms with Gasteiger partial charge in [-0.3, -0.25) is 4.98 Å². The van der Waals surface area contributed by atoms with Gasteiger partial charge in [-0.2, -0.15) is 0 Å². The van der Waals surface area contributed by atoms with Gasteiger partial charge < -0.3 is 4.90 Å². The number of aromatic nitrogens is 3. The molecule has 0 fully saturated rings. The third-order valence-corrected chi connectivity index (χ3v) is 4.98. The van der Waals surface area contributed by atoms with Crippen LogP contribution in [-0.2, 0) is 6.54 Å². The molecule has 0 aromatic carbocycles. The monoisotopic (exact) mass is 324 g/mol. The standard InChI is InChI=1S/C18H20N4S/c1-12-8-10-23-16(12)11-22(4)18-13(2)14(3)20-17(21-18)15-7-5-6-9-19-15/h5-10H,11H2,1-4H3. The van der Waals surface area contributed by atoms with E-state index < -0.39 is 0 Å². The maximum absolute atomic E-state index is 4.77. The lowest BCUT2D eigenvalue weighted by atomic mass is 10.2. The zero-order chi connectivity index (χ0) is 16.4. The number of thiophene rings is 1. The summed E-state index contributed by atoms with van der Waals surface area (Å²) in [5.74, 6) is 1.64. The largest absolute Gasteiger partial charge is 0.354 e. The average molecular weight is 324 g/mol. The van der Waals surface area contributed by atoms with Crippen LogP contribution >= 0.6 is 11.3 Å². The Morgan fingerprint density at radius 3 is 2.57 bits per heavy atom. The van der Waals surface area contributed by atoms with Crippen molar-refractivity contribution < 1.29 is 0 Å². The van der Waals surface area contributed by atoms with Crippen molar-refractivity contribution in [3.8, 4) is 11.5 Å². The minimum atomic E-state index is 0.679. The zero-order valence-corrected chi connectivity index (χ0v) is 14.7. The Bertz CT molecular complexity index is 811. The van der Waals surface area contributed by atoms with E-state index in [4.69, 9.17) is 4.98 Å². The number of hydrogen-bond donors (Lipinski definition) is 0. The summed E-state index contributed by atoms with van der Waals surface area (Å²) in [6, 6.07) is 7.96. The maximum atomic E-state index is 4.77. The fraction of sp³-hybridized carbons (Fsp3) is 0.278. The van der Waals surface area contributed by atoms with E-state index in [0.717, 1.165) is 29.3 Å². The van der Waals surface area contributed by atoms with Crippen molar-refractivity contribution in [3.05, 3.63) is 57.5 Å². The van der Waals surface area contributed by atoms with Crippen LogP contribution in [0.25, 0.3) is 11.5 Å². The number of nitrogens with zero attached hydrogens (tertiary/aromatic N) is 4. The van der Waals surface area contributed by atoms with Crippen LogP contribution in [0.3, 0.4) is 0 Å². The van der Waals surface area contributed by atoms with Gasteiger partial charge in [0.25, 0.3) is 0 Å². The van der Waals surface area contributed by atoms with E-state index in [0.29, 0.717) is 5.82 Å². The van der Waals surface area contributed by atoms with Crippen LogP contribution in [0.4, 0.5) is 5.82 Å². The molecule has 0 N–H and O–H groups in total. The second-order valence-corrected chi connectivity index (χ2v) is 6.68. The van der Waals surface area contributed by atoms with Crippen LogP contribution in [0, 0.1) is 20.8 Å². The van der Waals surface area contributed by atoms with Gasteiger partial charge >= 0.3 is 0 Å². The predicted molar refractivity (Wildman–Crippen MR) is 95.9 cm³/mol. The Balaban J connectivity index is 1.98. The molecule has 3 aromatic heterocycles. The molecular formula is C18H20N4S. The smallest absolute Gasteiger partial charge is 0.180 e. The Labute approximate surface area is 140 Å². The fourth-order valence-corrected chi connectivity index (χ4v) is 3.41. The van der Waals surface area contributed by atoms with Crippen LogP contribution in [0.5, 0.6) is 0 Å². The zero-order valence-electron chi connectivity index (χ0n) is 13.9. The molecule has 0 saturated heterocycles. The molecule has 0 amide bonds. The van der Waals surface area contributed by atoms with Crippen molar-refractivity contribution in [2.75, 3.05) is 11.9 Å². The highest BCUT2D eigenvalue weighted by atomic mass is 32.1. The van der Waals surface area contributed by atoms with E-state index in [1.807, 2.05) is 25.1 Å². The number of pyridine rings is 1. The molecule has 118 valence electrons. The Morgan fingerprint density at radius 2 is 1.91 bits per heavy atom. The van der Waals surface area contributed by atoms with Crippen molar-refractivity contribution in [1.29, 1.82) is 0 Å². The molecule has 0 saturated carbocycles. The summed E-state index contributed by atoms with van der Waals surface area (Å²) in [4.78, 5) is 17.3. The lowest BCUT2D eigenvalue weighted by molar-refractivity contribution is 0.884. The third kappa shape index (κ3) is 3.24. The number of aryl methyl sites for hydroxylation is 2. The molecule has 4 nitrogen and oxygen atoms in total. The molecule has 0 atom stereocenters. The van der Waals surface area contributed by atoms with Gasteiger partial charge in [0, 0.05) is 29.4 Å². The summed E-state index contributed by atoms with van der Waals surface area (Å²) in [5.41, 5.74) is 4.24. The predicted octanol–water partition coefficient (Wildman–Crippen LogP) is 4.16. The molecule has 3 rings (SSSR count). The van der Waals surface area contributed by atoms with Crippen LogP contribution in [-0.4, -0.2) is 22.0 Å². The highest BCUT2D eigenvalue weighted by Crippen LogP contribution is 2.25. The molecule has 0 bridgehead atoms. The van der Waals surface area contributed by atoms with Gasteiger partial charge in [-0.05, 0) is 49.9 Å². The van der Waals surface area contributed by atoms with Crippen molar-refractivity contribution in [1.82, 2.24) is 15.0 Å². The Morgan fingerprint density at radius 1 is 1.09 bits per heavy atom. The Kier molecular flexibility index (Phi) is 4.39. The van der Waals surface area contributed by atoms with Crippen LogP contribution < -0.4 is 4.90 Å². The van der Waals surface area contributed by atoms with Crippen LogP contribution in [0.1, 0.15) is 21.7 Å². The van der Waals surface area contributed by atoms with Gasteiger partial charge in [-0.1, -0.05) is 6.07 Å². The van der Waals surface area contributed by atoms with E-state index in [1.165, 1.54) is 10.4 Å². The Hall–Kier alpha value is -2.27. The molecule has 0 aliphatic heterocycles. The molecule has 0 unspecified atom stereocenters. The van der Waals surface area contributed by atoms with Crippen molar-refractivity contribution in [2.45, 2.75) is 27.3 Å². The van der Waals surface area contributed by atoms with Crippen LogP contribution in [0.15, 0.2) is 35.8 Å². The van der Waals surface area contributed by atoms with Gasteiger partial charge in [0.15, 0.2) is 5.82 Å². The topological polar surface area (TPSA) is 41.9 Å². The first kappa shape index (κ1) is 15.6. The first-order valence-corrected chi connectivity index (χ1v) is 8.45.